The molecule has 2 saturated carbocycles. The van der Waals surface area contributed by atoms with Crippen molar-refractivity contribution in [2.75, 3.05) is 0 Å². The number of benzene rings is 2. The highest BCUT2D eigenvalue weighted by molar-refractivity contribution is 6.21. The van der Waals surface area contributed by atoms with Crippen LogP contribution in [0.5, 0.6) is 0 Å². The first-order valence-electron chi connectivity index (χ1n) is 39.1. The van der Waals surface area contributed by atoms with Crippen LogP contribution in [0, 0.1) is 11.8 Å². The van der Waals surface area contributed by atoms with E-state index in [9.17, 15) is 15.3 Å². The van der Waals surface area contributed by atoms with Crippen LogP contribution in [0.4, 0.5) is 0 Å². The summed E-state index contributed by atoms with van der Waals surface area (Å²) in [5.74, 6) is -13.7. The maximum atomic E-state index is 17.8. The summed E-state index contributed by atoms with van der Waals surface area (Å²) >= 11 is 0. The second-order valence-electron chi connectivity index (χ2n) is 39.4. The van der Waals surface area contributed by atoms with Crippen molar-refractivity contribution in [2.24, 2.45) is 11.8 Å². The molecule has 10 aliphatic heterocycles. The molecule has 27 nitrogen and oxygen atoms in total. The van der Waals surface area contributed by atoms with E-state index in [1.165, 1.54) is 30.4 Å². The first-order chi connectivity index (χ1) is 54.9. The Kier molecular flexibility index (Phi) is 5.86. The molecule has 9 saturated heterocycles. The van der Waals surface area contributed by atoms with Crippen LogP contribution in [0.2, 0.25) is 0 Å². The molecular formula is C88H36O27. The fraction of sp³-hybridized carbons (Fsp3) is 0.341. The topological polar surface area (TPSA) is 447 Å². The average Bonchev–Trinajstić information content (AvgIpc) is 1.35. The molecule has 30 atom stereocenters. The second-order valence-corrected chi connectivity index (χ2v) is 39.4. The molecule has 0 aromatic heterocycles. The van der Waals surface area contributed by atoms with Crippen molar-refractivity contribution in [1.29, 1.82) is 0 Å². The fourth-order valence-corrected chi connectivity index (χ4v) is 35.8. The summed E-state index contributed by atoms with van der Waals surface area (Å²) in [5.41, 5.74) is -65.4. The summed E-state index contributed by atoms with van der Waals surface area (Å²) < 4.78 is 72.0. The van der Waals surface area contributed by atoms with E-state index in [-0.39, 0.29) is 171 Å². The van der Waals surface area contributed by atoms with Gasteiger partial charge in [0.25, 0.3) is 11.6 Å². The predicted molar refractivity (Wildman–Crippen MR) is 357 cm³/mol. The number of ether oxygens (including phenoxy) is 10. The number of carbonyl (C=O) groups is 4. The van der Waals surface area contributed by atoms with E-state index in [4.69, 9.17) is 47.4 Å². The fourth-order valence-electron chi connectivity index (χ4n) is 35.8. The number of allylic oxidation sites excluding steroid dienone is 4. The van der Waals surface area contributed by atoms with Gasteiger partial charge in [-0.3, -0.25) is 4.79 Å². The molecule has 550 valence electrons. The molecule has 11 spiro atoms. The van der Waals surface area contributed by atoms with Crippen LogP contribution in [0.1, 0.15) is 45.6 Å². The van der Waals surface area contributed by atoms with Crippen molar-refractivity contribution in [3.63, 3.8) is 0 Å². The molecule has 0 bridgehead atoms. The third kappa shape index (κ3) is 3.19. The van der Waals surface area contributed by atoms with E-state index in [1.54, 1.807) is 48.6 Å². The molecule has 11 fully saturated rings. The highest BCUT2D eigenvalue weighted by Gasteiger charge is 3.17. The number of carbonyl (C=O) groups excluding carboxylic acids is 4. The van der Waals surface area contributed by atoms with Crippen molar-refractivity contribution < 1.29 is 133 Å². The summed E-state index contributed by atoms with van der Waals surface area (Å²) in [6, 6.07) is 3.55. The number of epoxide rings is 7. The van der Waals surface area contributed by atoms with E-state index in [0.29, 0.717) is 11.1 Å². The maximum Gasteiger partial charge on any atom is 0.341 e. The van der Waals surface area contributed by atoms with Gasteiger partial charge in [-0.15, -0.1) is 0 Å². The smallest absolute Gasteiger partial charge is 0.341 e. The van der Waals surface area contributed by atoms with Crippen molar-refractivity contribution in [2.45, 2.75) is 160 Å². The van der Waals surface area contributed by atoms with Gasteiger partial charge in [-0.05, 0) is 167 Å². The van der Waals surface area contributed by atoms with Crippen LogP contribution >= 0.6 is 0 Å². The Morgan fingerprint density at radius 1 is 0.478 bits per heavy atom. The van der Waals surface area contributed by atoms with Gasteiger partial charge in [0.05, 0.1) is 28.7 Å². The Morgan fingerprint density at radius 2 is 1.31 bits per heavy atom. The molecule has 13 N–H and O–H groups in total. The Bertz CT molecular complexity index is 7950. The summed E-state index contributed by atoms with van der Waals surface area (Å²) in [6.45, 7) is 0. The molecule has 10 heterocycles. The van der Waals surface area contributed by atoms with Crippen LogP contribution < -0.4 is 20.9 Å². The molecule has 2 aromatic rings. The number of hydrogen-bond donors (Lipinski definition) is 13. The highest BCUT2D eigenvalue weighted by Crippen LogP contribution is 3.02. The lowest BCUT2D eigenvalue weighted by Crippen LogP contribution is -2.96. The number of hydrogen-bond acceptors (Lipinski definition) is 27. The molecule has 30 unspecified atom stereocenters. The zero-order valence-corrected chi connectivity index (χ0v) is 57.3. The lowest BCUT2D eigenvalue weighted by Gasteiger charge is -2.78. The third-order valence-corrected chi connectivity index (χ3v) is 38.0. The molecule has 2 aromatic carbocycles. The van der Waals surface area contributed by atoms with E-state index in [1.807, 2.05) is 6.08 Å². The molecule has 27 heteroatoms. The normalized spacial score (nSPS) is 60.9. The van der Waals surface area contributed by atoms with Crippen LogP contribution in [0.25, 0.3) is 34.4 Å². The SMILES string of the molecule is O=C1OC2(O)C=CC3(O)C45OC(=O)C6=C4C(=CC4=CC7=CC8=C9C%10%11OC7%10C(=C45)C4=C5C%11=C7C%10%11OC%10%12C(=CC%10=CC%13=Cc%14cc%15c%16c%17c%14C%14(O)C%13(O)C(=C%10%11)C%10(O)C7(O)C9(O)C7C9=c%11c(cc%13c%18c%11=C(C%17(O)C%11(O)C%17=C%19C(=C(C=%18%11)C%11OC%13%11)C(=O)OC%19(O)C%11%13OC%11C=CC%11(OC%15%11)C%13=C%17%16)C%14%11OC9%10%11)=CC7C8=O)C=C1C(O)(C5%12O)C21OC431)C(O)C=C6. The van der Waals surface area contributed by atoms with Crippen molar-refractivity contribution in [1.82, 2.24) is 0 Å². The van der Waals surface area contributed by atoms with E-state index in [2.05, 4.69) is 0 Å². The van der Waals surface area contributed by atoms with Gasteiger partial charge in [-0.2, -0.15) is 0 Å². The number of Topliss-reactive ketones (excluding diaryl/α,β-unsaturated/α-hetero) is 1. The Labute approximate surface area is 632 Å². The lowest BCUT2D eigenvalue weighted by molar-refractivity contribution is -0.297. The van der Waals surface area contributed by atoms with Crippen LogP contribution in [-0.2, 0) is 77.7 Å². The monoisotopic (exact) mass is 1520 g/mol. The first kappa shape index (κ1) is 55.0. The van der Waals surface area contributed by atoms with Gasteiger partial charge in [0.1, 0.15) is 35.6 Å². The van der Waals surface area contributed by atoms with E-state index >= 15 is 70.2 Å². The second kappa shape index (κ2) is 12.2. The Balaban J connectivity index is 0.768. The van der Waals surface area contributed by atoms with Gasteiger partial charge in [-0.1, -0.05) is 18.2 Å². The minimum absolute atomic E-state index is 0.0173. The molecule has 0 radical (unpaired) electrons. The van der Waals surface area contributed by atoms with E-state index in [0.717, 1.165) is 12.2 Å². The van der Waals surface area contributed by atoms with Gasteiger partial charge < -0.3 is 114 Å². The molecule has 28 aliphatic carbocycles. The van der Waals surface area contributed by atoms with Gasteiger partial charge in [0, 0.05) is 112 Å². The van der Waals surface area contributed by atoms with Crippen LogP contribution in [0.15, 0.2) is 219 Å². The predicted octanol–water partition coefficient (Wildman–Crippen LogP) is -6.67. The minimum atomic E-state index is -3.70. The van der Waals surface area contributed by atoms with Gasteiger partial charge >= 0.3 is 17.9 Å². The van der Waals surface area contributed by atoms with E-state index < -0.39 is 223 Å². The standard InChI is InChI=1S/C88H36O27/c89-31-2-1-24-43-25(31)13-19-9-22-15-29-54(90)28-12-17-11-26-34-36-33(17)48-44(28)72(99)57(29)76-53-51-52-50(73(22,76)112-76)40(19)75(43,110-63(24)91)67(94)5-6-68(95)88(84(52,67)115-88)78(100)30(64(92)109-68)16-23-10-18-7-21-8-20-14-27-35-38-47-49-39(65(93)111-87(49,105)74-32(107-74)3-4-66(58(38)74)62(27)108-66)37(56-55(26)106-56)45(34)70(47,97)71(98)46(35)41(20)79(101)69(21,96)60-42(18)77(83(23,113-77)80(51,78)102)61(53)81(72,103)82(60,104)85(48)86(79,114-85)59(36)71/h1-16,28,31-32,44,55-56,62,89,94-105H. The van der Waals surface area contributed by atoms with Crippen LogP contribution in [-0.4, -0.2) is 226 Å². The summed E-state index contributed by atoms with van der Waals surface area (Å²) in [7, 11) is 0. The molecule has 40 rings (SSSR count). The quantitative estimate of drug-likeness (QED) is 0.0505. The molecule has 115 heavy (non-hydrogen) atoms. The van der Waals surface area contributed by atoms with Crippen molar-refractivity contribution in [3.8, 4) is 0 Å². The van der Waals surface area contributed by atoms with Crippen molar-refractivity contribution >= 4 is 58.1 Å². The Morgan fingerprint density at radius 3 is 2.17 bits per heavy atom. The molecule has 38 aliphatic rings. The number of ketones is 1. The summed E-state index contributed by atoms with van der Waals surface area (Å²) in [4.78, 5) is 64.8. The largest absolute Gasteiger partial charge is 0.442 e. The Hall–Kier alpha value is -9.74. The number of rotatable bonds is 0. The van der Waals surface area contributed by atoms with Gasteiger partial charge in [0.15, 0.2) is 101 Å². The molecular weight excluding hydrogens is 1490 g/mol. The van der Waals surface area contributed by atoms with Crippen molar-refractivity contribution in [3.05, 3.63) is 273 Å². The summed E-state index contributed by atoms with van der Waals surface area (Å²) in [5, 5.41) is 205. The summed E-state index contributed by atoms with van der Waals surface area (Å²) in [6.07, 6.45) is 15.1. The lowest BCUT2D eigenvalue weighted by atomic mass is 9.24. The zero-order chi connectivity index (χ0) is 75.2. The number of aliphatic hydroxyl groups excluding tert-OH is 1. The number of aliphatic hydroxyl groups is 13. The van der Waals surface area contributed by atoms with Gasteiger partial charge in [0.2, 0.25) is 11.2 Å². The van der Waals surface area contributed by atoms with Crippen LogP contribution in [0.3, 0.4) is 0 Å². The maximum absolute atomic E-state index is 17.8. The zero-order valence-electron chi connectivity index (χ0n) is 57.3. The minimum Gasteiger partial charge on any atom is -0.442 e. The number of fused-ring (bicyclic) bond motifs is 4. The highest BCUT2D eigenvalue weighted by atomic mass is 16.8. The molecule has 0 amide bonds. The third-order valence-electron chi connectivity index (χ3n) is 38.0. The van der Waals surface area contributed by atoms with Gasteiger partial charge in [-0.25, -0.2) is 14.4 Å². The average molecular weight is 1530 g/mol. The first-order valence-corrected chi connectivity index (χ1v) is 39.1. The number of esters is 3.